The molecule has 1 atom stereocenters. The van der Waals surface area contributed by atoms with Crippen LogP contribution in [-0.2, 0) is 9.59 Å². The second-order valence-corrected chi connectivity index (χ2v) is 9.50. The number of nitrogens with one attached hydrogen (secondary N) is 2. The number of nitrogens with zero attached hydrogens (tertiary/aromatic N) is 2. The summed E-state index contributed by atoms with van der Waals surface area (Å²) in [5.41, 5.74) is 1.18. The minimum atomic E-state index is -0.932. The molecule has 9 heteroatoms. The van der Waals surface area contributed by atoms with Crippen molar-refractivity contribution in [2.45, 2.75) is 56.9 Å². The van der Waals surface area contributed by atoms with Gasteiger partial charge in [0.05, 0.1) is 11.6 Å². The Hall–Kier alpha value is -2.68. The maximum atomic E-state index is 14.9. The first-order valence-electron chi connectivity index (χ1n) is 12.0. The van der Waals surface area contributed by atoms with Crippen LogP contribution in [0.15, 0.2) is 18.2 Å². The molecule has 3 aliphatic rings. The van der Waals surface area contributed by atoms with Crippen LogP contribution in [0.1, 0.15) is 56.4 Å². The van der Waals surface area contributed by atoms with Gasteiger partial charge in [-0.3, -0.25) is 19.8 Å². The van der Waals surface area contributed by atoms with Crippen molar-refractivity contribution in [3.63, 3.8) is 0 Å². The highest BCUT2D eigenvalue weighted by molar-refractivity contribution is 6.00. The molecular formula is C24H33FN4O4. The molecule has 1 aliphatic carbocycles. The van der Waals surface area contributed by atoms with Crippen LogP contribution in [0.5, 0.6) is 0 Å². The van der Waals surface area contributed by atoms with Gasteiger partial charge in [0.1, 0.15) is 5.82 Å². The number of amides is 3. The number of carbonyl (C=O) groups excluding carboxylic acids is 2. The summed E-state index contributed by atoms with van der Waals surface area (Å²) in [5.74, 6) is -0.768. The minimum absolute atomic E-state index is 0.0959. The van der Waals surface area contributed by atoms with E-state index in [9.17, 15) is 18.8 Å². The zero-order chi connectivity index (χ0) is 23.4. The number of rotatable bonds is 6. The molecule has 2 saturated heterocycles. The van der Waals surface area contributed by atoms with Gasteiger partial charge in [0.15, 0.2) is 0 Å². The molecule has 4 rings (SSSR count). The van der Waals surface area contributed by atoms with Gasteiger partial charge < -0.3 is 15.3 Å². The van der Waals surface area contributed by atoms with E-state index in [-0.39, 0.29) is 30.1 Å². The van der Waals surface area contributed by atoms with Crippen molar-refractivity contribution in [1.82, 2.24) is 15.5 Å². The van der Waals surface area contributed by atoms with Crippen molar-refractivity contribution in [3.05, 3.63) is 29.6 Å². The van der Waals surface area contributed by atoms with Crippen molar-refractivity contribution in [3.8, 4) is 0 Å². The standard InChI is InChI=1S/C24H33FN4O4/c25-20-15-17(19-6-8-22(30)27-23(19)31)3-7-21(20)29-13-11-28(12-14-29)10-9-16-1-4-18(5-2-16)26-24(32)33/h3,7,15-16,18-19,26H,1-2,4-6,8-14H2,(H,32,33)(H,27,30,31)/t16-,18+,19?. The summed E-state index contributed by atoms with van der Waals surface area (Å²) in [6.45, 7) is 4.29. The molecule has 2 heterocycles. The van der Waals surface area contributed by atoms with Crippen molar-refractivity contribution < 1.29 is 23.9 Å². The van der Waals surface area contributed by atoms with Crippen LogP contribution in [0, 0.1) is 11.7 Å². The summed E-state index contributed by atoms with van der Waals surface area (Å²) < 4.78 is 14.9. The number of carboxylic acid groups (broad SMARTS) is 1. The summed E-state index contributed by atoms with van der Waals surface area (Å²) in [4.78, 5) is 38.7. The number of benzene rings is 1. The quantitative estimate of drug-likeness (QED) is 0.564. The van der Waals surface area contributed by atoms with Gasteiger partial charge >= 0.3 is 6.09 Å². The van der Waals surface area contributed by atoms with Gasteiger partial charge in [0.25, 0.3) is 0 Å². The van der Waals surface area contributed by atoms with Crippen LogP contribution in [0.2, 0.25) is 0 Å². The van der Waals surface area contributed by atoms with Crippen LogP contribution in [-0.4, -0.2) is 66.7 Å². The molecule has 3 fully saturated rings. The van der Waals surface area contributed by atoms with Crippen LogP contribution in [0.4, 0.5) is 14.9 Å². The highest BCUT2D eigenvalue weighted by Gasteiger charge is 2.29. The molecule has 33 heavy (non-hydrogen) atoms. The average Bonchev–Trinajstić information content (AvgIpc) is 2.79. The van der Waals surface area contributed by atoms with Crippen molar-refractivity contribution in [2.75, 3.05) is 37.6 Å². The van der Waals surface area contributed by atoms with E-state index < -0.39 is 12.0 Å². The van der Waals surface area contributed by atoms with Gasteiger partial charge in [-0.05, 0) is 68.7 Å². The third kappa shape index (κ3) is 6.01. The lowest BCUT2D eigenvalue weighted by atomic mass is 9.84. The molecule has 3 N–H and O–H groups in total. The molecule has 0 radical (unpaired) electrons. The number of carbonyl (C=O) groups is 3. The Morgan fingerprint density at radius 2 is 1.82 bits per heavy atom. The molecule has 1 aromatic carbocycles. The molecule has 0 spiro atoms. The summed E-state index contributed by atoms with van der Waals surface area (Å²) in [5, 5.41) is 13.8. The average molecular weight is 461 g/mol. The fraction of sp³-hybridized carbons (Fsp3) is 0.625. The van der Waals surface area contributed by atoms with Gasteiger partial charge in [-0.1, -0.05) is 6.07 Å². The van der Waals surface area contributed by atoms with Gasteiger partial charge in [0, 0.05) is 38.6 Å². The van der Waals surface area contributed by atoms with E-state index in [4.69, 9.17) is 5.11 Å². The van der Waals surface area contributed by atoms with Crippen molar-refractivity contribution >= 4 is 23.6 Å². The van der Waals surface area contributed by atoms with Crippen LogP contribution < -0.4 is 15.5 Å². The van der Waals surface area contributed by atoms with Gasteiger partial charge in [-0.2, -0.15) is 0 Å². The monoisotopic (exact) mass is 460 g/mol. The van der Waals surface area contributed by atoms with E-state index in [1.165, 1.54) is 6.07 Å². The van der Waals surface area contributed by atoms with E-state index in [0.717, 1.165) is 64.8 Å². The molecule has 2 aliphatic heterocycles. The highest BCUT2D eigenvalue weighted by atomic mass is 19.1. The first-order chi connectivity index (χ1) is 15.9. The predicted molar refractivity (Wildman–Crippen MR) is 122 cm³/mol. The largest absolute Gasteiger partial charge is 0.465 e. The Kier molecular flexibility index (Phi) is 7.47. The van der Waals surface area contributed by atoms with Crippen LogP contribution >= 0.6 is 0 Å². The third-order valence-electron chi connectivity index (χ3n) is 7.35. The maximum Gasteiger partial charge on any atom is 0.404 e. The molecule has 1 unspecified atom stereocenters. The fourth-order valence-electron chi connectivity index (χ4n) is 5.36. The number of anilines is 1. The van der Waals surface area contributed by atoms with E-state index in [1.54, 1.807) is 12.1 Å². The lowest BCUT2D eigenvalue weighted by molar-refractivity contribution is -0.134. The number of imide groups is 1. The van der Waals surface area contributed by atoms with Gasteiger partial charge in [-0.15, -0.1) is 0 Å². The van der Waals surface area contributed by atoms with Crippen LogP contribution in [0.3, 0.4) is 0 Å². The molecular weight excluding hydrogens is 427 g/mol. The Morgan fingerprint density at radius 3 is 2.45 bits per heavy atom. The third-order valence-corrected chi connectivity index (χ3v) is 7.35. The van der Waals surface area contributed by atoms with E-state index in [1.807, 2.05) is 0 Å². The lowest BCUT2D eigenvalue weighted by Crippen LogP contribution is -2.47. The predicted octanol–water partition coefficient (Wildman–Crippen LogP) is 2.68. The lowest BCUT2D eigenvalue weighted by Gasteiger charge is -2.37. The molecule has 3 amide bonds. The maximum absolute atomic E-state index is 14.9. The van der Waals surface area contributed by atoms with Gasteiger partial charge in [-0.25, -0.2) is 9.18 Å². The molecule has 0 bridgehead atoms. The van der Waals surface area contributed by atoms with Crippen molar-refractivity contribution in [1.29, 1.82) is 0 Å². The number of halogens is 1. The number of hydrogen-bond acceptors (Lipinski definition) is 5. The normalized spacial score (nSPS) is 26.7. The van der Waals surface area contributed by atoms with Crippen molar-refractivity contribution in [2.24, 2.45) is 5.92 Å². The van der Waals surface area contributed by atoms with E-state index in [2.05, 4.69) is 20.4 Å². The SMILES string of the molecule is O=C1CCC(c2ccc(N3CCN(CC[C@H]4CC[C@@H](NC(=O)O)CC4)CC3)c(F)c2)C(=O)N1. The molecule has 0 aromatic heterocycles. The highest BCUT2D eigenvalue weighted by Crippen LogP contribution is 2.30. The molecule has 1 saturated carbocycles. The summed E-state index contributed by atoms with van der Waals surface area (Å²) >= 11 is 0. The Bertz CT molecular complexity index is 879. The minimum Gasteiger partial charge on any atom is -0.465 e. The number of piperazine rings is 1. The van der Waals surface area contributed by atoms with E-state index in [0.29, 0.717) is 23.6 Å². The van der Waals surface area contributed by atoms with E-state index >= 15 is 0 Å². The zero-order valence-corrected chi connectivity index (χ0v) is 18.9. The smallest absolute Gasteiger partial charge is 0.404 e. The topological polar surface area (TPSA) is 102 Å². The Balaban J connectivity index is 1.22. The first-order valence-corrected chi connectivity index (χ1v) is 12.0. The molecule has 8 nitrogen and oxygen atoms in total. The van der Waals surface area contributed by atoms with Gasteiger partial charge in [0.2, 0.25) is 11.8 Å². The Morgan fingerprint density at radius 1 is 1.09 bits per heavy atom. The van der Waals surface area contributed by atoms with Crippen LogP contribution in [0.25, 0.3) is 0 Å². The second kappa shape index (κ2) is 10.5. The summed E-state index contributed by atoms with van der Waals surface area (Å²) in [6, 6.07) is 5.10. The fourth-order valence-corrected chi connectivity index (χ4v) is 5.36. The summed E-state index contributed by atoms with van der Waals surface area (Å²) in [7, 11) is 0. The molecule has 180 valence electrons. The number of piperidine rings is 1. The zero-order valence-electron chi connectivity index (χ0n) is 18.9. The first kappa shape index (κ1) is 23.5. The molecule has 1 aromatic rings. The Labute approximate surface area is 193 Å². The second-order valence-electron chi connectivity index (χ2n) is 9.50. The summed E-state index contributed by atoms with van der Waals surface area (Å²) in [6.07, 6.45) is 4.85. The number of hydrogen-bond donors (Lipinski definition) is 3.